The molecule has 1 aliphatic heterocycles. The van der Waals surface area contributed by atoms with Crippen LogP contribution in [0.25, 0.3) is 0 Å². The Hall–Kier alpha value is -0.301. The molecule has 1 nitrogen and oxygen atoms in total. The summed E-state index contributed by atoms with van der Waals surface area (Å²) in [5, 5.41) is 0. The Morgan fingerprint density at radius 1 is 1.45 bits per heavy atom. The number of nitrogens with one attached hydrogen (secondary N) is 1. The number of benzene rings is 1. The Morgan fingerprint density at radius 2 is 2.27 bits per heavy atom. The van der Waals surface area contributed by atoms with Gasteiger partial charge in [-0.15, -0.1) is 0 Å². The predicted molar refractivity (Wildman–Crippen MR) is 48.0 cm³/mol. The van der Waals surface area contributed by atoms with E-state index in [1.807, 2.05) is 0 Å². The maximum absolute atomic E-state index is 3.53. The van der Waals surface area contributed by atoms with Crippen molar-refractivity contribution in [2.24, 2.45) is 0 Å². The monoisotopic (exact) mass is 213 g/mol. The Balaban J connectivity index is 2.39. The van der Waals surface area contributed by atoms with E-state index in [0.717, 1.165) is 0 Å². The third kappa shape index (κ3) is 1.22. The molecule has 58 valence electrons. The summed E-state index contributed by atoms with van der Waals surface area (Å²) < 4.78 is 5.07. The first-order valence-electron chi connectivity index (χ1n) is 3.93. The average Bonchev–Trinajstić information content (AvgIpc) is 2.47. The van der Waals surface area contributed by atoms with Crippen LogP contribution in [0.3, 0.4) is 0 Å². The van der Waals surface area contributed by atoms with Crippen molar-refractivity contribution in [2.75, 3.05) is 0 Å². The molecule has 1 aromatic carbocycles. The Labute approximate surface area is 73.6 Å². The molecule has 0 aromatic heterocycles. The van der Waals surface area contributed by atoms with Crippen molar-refractivity contribution < 1.29 is 0 Å². The molecular formula is C9H11NSe. The zero-order chi connectivity index (χ0) is 7.68. The normalized spacial score (nSPS) is 21.7. The van der Waals surface area contributed by atoms with E-state index < -0.39 is 0 Å². The molecule has 0 radical (unpaired) electrons. The minimum atomic E-state index is 0.525. The summed E-state index contributed by atoms with van der Waals surface area (Å²) >= 11 is 0.525. The molecule has 0 saturated heterocycles. The first kappa shape index (κ1) is 7.35. The van der Waals surface area contributed by atoms with Crippen LogP contribution < -0.4 is 8.79 Å². The van der Waals surface area contributed by atoms with Gasteiger partial charge in [-0.2, -0.15) is 0 Å². The minimum absolute atomic E-state index is 0.525. The van der Waals surface area contributed by atoms with Crippen LogP contribution in [-0.2, 0) is 0 Å². The van der Waals surface area contributed by atoms with Gasteiger partial charge >= 0.3 is 73.2 Å². The molecule has 1 aromatic rings. The van der Waals surface area contributed by atoms with Crippen LogP contribution in [0.5, 0.6) is 0 Å². The molecule has 1 unspecified atom stereocenters. The summed E-state index contributed by atoms with van der Waals surface area (Å²) in [4.78, 5) is 0. The number of hydrogen-bond donors (Lipinski definition) is 1. The molecule has 2 rings (SSSR count). The van der Waals surface area contributed by atoms with Gasteiger partial charge in [-0.25, -0.2) is 0 Å². The number of fused-ring (bicyclic) bond motifs is 1. The van der Waals surface area contributed by atoms with Crippen LogP contribution in [0.4, 0.5) is 0 Å². The van der Waals surface area contributed by atoms with Gasteiger partial charge in [-0.05, 0) is 0 Å². The van der Waals surface area contributed by atoms with Crippen LogP contribution in [0, 0.1) is 0 Å². The SMILES string of the molecule is CCC1N[Se]c2ccccc21. The summed E-state index contributed by atoms with van der Waals surface area (Å²) in [7, 11) is 0. The molecule has 1 heterocycles. The molecule has 0 spiro atoms. The van der Waals surface area contributed by atoms with Gasteiger partial charge in [0.15, 0.2) is 0 Å². The van der Waals surface area contributed by atoms with E-state index in [1.165, 1.54) is 16.4 Å². The number of hydrogen-bond acceptors (Lipinski definition) is 1. The molecule has 0 bridgehead atoms. The van der Waals surface area contributed by atoms with Crippen molar-refractivity contribution in [3.8, 4) is 0 Å². The Morgan fingerprint density at radius 3 is 3.09 bits per heavy atom. The van der Waals surface area contributed by atoms with Crippen LogP contribution in [0.15, 0.2) is 24.3 Å². The second-order valence-electron chi connectivity index (χ2n) is 2.72. The molecule has 1 atom stereocenters. The van der Waals surface area contributed by atoms with E-state index in [0.29, 0.717) is 21.2 Å². The summed E-state index contributed by atoms with van der Waals surface area (Å²) in [5.74, 6) is 0. The molecule has 11 heavy (non-hydrogen) atoms. The van der Waals surface area contributed by atoms with E-state index in [1.54, 1.807) is 0 Å². The van der Waals surface area contributed by atoms with Crippen molar-refractivity contribution in [2.45, 2.75) is 19.4 Å². The van der Waals surface area contributed by atoms with E-state index in [9.17, 15) is 0 Å². The first-order chi connectivity index (χ1) is 5.42. The van der Waals surface area contributed by atoms with Crippen molar-refractivity contribution in [1.82, 2.24) is 4.33 Å². The van der Waals surface area contributed by atoms with E-state index in [2.05, 4.69) is 35.5 Å². The fourth-order valence-corrected chi connectivity index (χ4v) is 3.54. The molecule has 0 aliphatic carbocycles. The molecular weight excluding hydrogens is 201 g/mol. The van der Waals surface area contributed by atoms with Gasteiger partial charge in [0, 0.05) is 0 Å². The van der Waals surface area contributed by atoms with Gasteiger partial charge in [-0.1, -0.05) is 0 Å². The second-order valence-corrected chi connectivity index (χ2v) is 4.56. The zero-order valence-corrected chi connectivity index (χ0v) is 8.22. The quantitative estimate of drug-likeness (QED) is 0.684. The fraction of sp³-hybridized carbons (Fsp3) is 0.333. The fourth-order valence-electron chi connectivity index (χ4n) is 1.36. The van der Waals surface area contributed by atoms with Crippen molar-refractivity contribution >= 4 is 19.6 Å². The topological polar surface area (TPSA) is 12.0 Å². The molecule has 0 fully saturated rings. The molecule has 0 saturated carbocycles. The second kappa shape index (κ2) is 2.98. The first-order valence-corrected chi connectivity index (χ1v) is 5.64. The standard InChI is InChI=1S/C9H11NSe/c1-2-8-7-5-3-4-6-9(7)11-10-8/h3-6,8,10H,2H2,1H3. The molecule has 2 heteroatoms. The van der Waals surface area contributed by atoms with E-state index in [4.69, 9.17) is 0 Å². The van der Waals surface area contributed by atoms with Gasteiger partial charge in [-0.3, -0.25) is 0 Å². The van der Waals surface area contributed by atoms with Crippen LogP contribution >= 0.6 is 0 Å². The summed E-state index contributed by atoms with van der Waals surface area (Å²) in [6, 6.07) is 9.36. The average molecular weight is 212 g/mol. The van der Waals surface area contributed by atoms with Gasteiger partial charge < -0.3 is 0 Å². The third-order valence-electron chi connectivity index (χ3n) is 2.01. The zero-order valence-electron chi connectivity index (χ0n) is 6.50. The molecule has 1 aliphatic rings. The summed E-state index contributed by atoms with van der Waals surface area (Å²) in [6.45, 7) is 2.23. The van der Waals surface area contributed by atoms with Gasteiger partial charge in [0.05, 0.1) is 0 Å². The predicted octanol–water partition coefficient (Wildman–Crippen LogP) is 0.985. The maximum atomic E-state index is 3.53. The van der Waals surface area contributed by atoms with Gasteiger partial charge in [0.1, 0.15) is 0 Å². The van der Waals surface area contributed by atoms with Gasteiger partial charge in [0.25, 0.3) is 0 Å². The molecule has 0 amide bonds. The van der Waals surface area contributed by atoms with E-state index in [-0.39, 0.29) is 0 Å². The van der Waals surface area contributed by atoms with E-state index >= 15 is 0 Å². The summed E-state index contributed by atoms with van der Waals surface area (Å²) in [6.07, 6.45) is 1.21. The van der Waals surface area contributed by atoms with Crippen molar-refractivity contribution in [1.29, 1.82) is 0 Å². The summed E-state index contributed by atoms with van der Waals surface area (Å²) in [5.41, 5.74) is 1.52. The Bertz CT molecular complexity index is 259. The van der Waals surface area contributed by atoms with Crippen molar-refractivity contribution in [3.05, 3.63) is 29.8 Å². The van der Waals surface area contributed by atoms with Crippen LogP contribution in [0.1, 0.15) is 24.9 Å². The van der Waals surface area contributed by atoms with Gasteiger partial charge in [0.2, 0.25) is 0 Å². The molecule has 1 N–H and O–H groups in total. The van der Waals surface area contributed by atoms with Crippen molar-refractivity contribution in [3.63, 3.8) is 0 Å². The van der Waals surface area contributed by atoms with Crippen LogP contribution in [-0.4, -0.2) is 15.2 Å². The third-order valence-corrected chi connectivity index (χ3v) is 4.10. The Kier molecular flexibility index (Phi) is 1.99. The van der Waals surface area contributed by atoms with Crippen LogP contribution in [0.2, 0.25) is 0 Å². The number of rotatable bonds is 1.